The second-order valence-corrected chi connectivity index (χ2v) is 15.4. The number of nitrogens with zero attached hydrogens (tertiary/aromatic N) is 3. The van der Waals surface area contributed by atoms with E-state index < -0.39 is 0 Å². The molecule has 8 aromatic carbocycles. The Kier molecular flexibility index (Phi) is 7.03. The first-order valence-corrected chi connectivity index (χ1v) is 19.7. The second-order valence-electron chi connectivity index (χ2n) is 14.3. The van der Waals surface area contributed by atoms with Crippen LogP contribution in [-0.4, -0.2) is 15.0 Å². The van der Waals surface area contributed by atoms with Crippen molar-refractivity contribution in [2.45, 2.75) is 0 Å². The number of aromatic nitrogens is 3. The van der Waals surface area contributed by atoms with E-state index >= 15 is 0 Å². The second kappa shape index (κ2) is 12.6. The first-order chi connectivity index (χ1) is 28.2. The summed E-state index contributed by atoms with van der Waals surface area (Å²) in [6, 6.07) is 60.8. The SMILES string of the molecule is c1ccc(-c2nc(-c3ccccc3)nc(-c3cccc4oc5cc(-c6cc(-c7cccc8c7oc7ccccc78)c7sc8ccccc8c7c6)ccc5c34)n2)cc1. The van der Waals surface area contributed by atoms with Crippen LogP contribution < -0.4 is 0 Å². The third-order valence-corrected chi connectivity index (χ3v) is 12.2. The summed E-state index contributed by atoms with van der Waals surface area (Å²) in [7, 11) is 0. The van der Waals surface area contributed by atoms with Crippen LogP contribution in [0.1, 0.15) is 0 Å². The fraction of sp³-hybridized carbons (Fsp3) is 0. The van der Waals surface area contributed by atoms with Crippen molar-refractivity contribution in [1.82, 2.24) is 15.0 Å². The standard InChI is InChI=1S/C51H29N3O2S/c1-3-13-30(14-4-1)49-52-50(31-15-5-2-6-16-31)54-51(53-49)39-21-12-23-43-46(39)38-26-25-32(29-44(38)55-43)33-27-40-35-18-8-10-24-45(35)57-48(40)41(28-33)37-20-11-19-36-34-17-7-9-22-42(34)56-47(36)37/h1-29H. The molecule has 0 saturated heterocycles. The average molecular weight is 748 g/mol. The Balaban J connectivity index is 1.05. The Morgan fingerprint density at radius 2 is 1.00 bits per heavy atom. The highest BCUT2D eigenvalue weighted by molar-refractivity contribution is 7.26. The molecule has 5 nitrogen and oxygen atoms in total. The van der Waals surface area contributed by atoms with Crippen molar-refractivity contribution in [1.29, 1.82) is 0 Å². The van der Waals surface area contributed by atoms with Crippen LogP contribution in [0.2, 0.25) is 0 Å². The molecule has 4 aromatic heterocycles. The highest BCUT2D eigenvalue weighted by Gasteiger charge is 2.21. The number of rotatable bonds is 5. The molecule has 266 valence electrons. The van der Waals surface area contributed by atoms with Gasteiger partial charge >= 0.3 is 0 Å². The van der Waals surface area contributed by atoms with Crippen LogP contribution in [0.4, 0.5) is 0 Å². The molecule has 0 bridgehead atoms. The van der Waals surface area contributed by atoms with Crippen molar-refractivity contribution in [3.63, 3.8) is 0 Å². The predicted octanol–water partition coefficient (Wildman–Crippen LogP) is 14.4. The van der Waals surface area contributed by atoms with Gasteiger partial charge in [0.15, 0.2) is 17.5 Å². The maximum absolute atomic E-state index is 6.67. The molecule has 0 atom stereocenters. The molecule has 6 heteroatoms. The topological polar surface area (TPSA) is 65.0 Å². The highest BCUT2D eigenvalue weighted by atomic mass is 32.1. The molecule has 0 aliphatic heterocycles. The van der Waals surface area contributed by atoms with E-state index in [0.29, 0.717) is 17.5 Å². The van der Waals surface area contributed by atoms with Crippen molar-refractivity contribution in [2.24, 2.45) is 0 Å². The number of hydrogen-bond acceptors (Lipinski definition) is 6. The lowest BCUT2D eigenvalue weighted by Gasteiger charge is -2.10. The Hall–Kier alpha value is -7.41. The first-order valence-electron chi connectivity index (χ1n) is 18.9. The average Bonchev–Trinajstić information content (AvgIpc) is 3.98. The molecule has 0 spiro atoms. The molecule has 4 heterocycles. The minimum atomic E-state index is 0.597. The number of hydrogen-bond donors (Lipinski definition) is 0. The molecule has 12 rings (SSSR count). The number of para-hydroxylation sites is 2. The summed E-state index contributed by atoms with van der Waals surface area (Å²) in [5.41, 5.74) is 10.5. The van der Waals surface area contributed by atoms with Gasteiger partial charge in [-0.2, -0.15) is 0 Å². The number of furan rings is 2. The maximum Gasteiger partial charge on any atom is 0.164 e. The van der Waals surface area contributed by atoms with Gasteiger partial charge in [0, 0.05) is 69.5 Å². The summed E-state index contributed by atoms with van der Waals surface area (Å²) >= 11 is 1.83. The molecular formula is C51H29N3O2S. The first kappa shape index (κ1) is 31.9. The van der Waals surface area contributed by atoms with E-state index in [2.05, 4.69) is 91.0 Å². The zero-order chi connectivity index (χ0) is 37.5. The van der Waals surface area contributed by atoms with E-state index in [1.54, 1.807) is 0 Å². The largest absolute Gasteiger partial charge is 0.456 e. The molecular weight excluding hydrogens is 719 g/mol. The van der Waals surface area contributed by atoms with Crippen LogP contribution in [0.5, 0.6) is 0 Å². The Labute approximate surface area is 330 Å². The molecule has 0 radical (unpaired) electrons. The Morgan fingerprint density at radius 3 is 1.81 bits per heavy atom. The lowest BCUT2D eigenvalue weighted by Crippen LogP contribution is -2.00. The fourth-order valence-corrected chi connectivity index (χ4v) is 9.49. The Bertz CT molecular complexity index is 3470. The molecule has 0 N–H and O–H groups in total. The van der Waals surface area contributed by atoms with Gasteiger partial charge in [-0.15, -0.1) is 11.3 Å². The lowest BCUT2D eigenvalue weighted by molar-refractivity contribution is 0.669. The quantitative estimate of drug-likeness (QED) is 0.175. The lowest BCUT2D eigenvalue weighted by atomic mass is 9.94. The zero-order valence-corrected chi connectivity index (χ0v) is 31.1. The zero-order valence-electron chi connectivity index (χ0n) is 30.3. The van der Waals surface area contributed by atoms with Gasteiger partial charge in [-0.05, 0) is 53.6 Å². The van der Waals surface area contributed by atoms with Gasteiger partial charge in [0.2, 0.25) is 0 Å². The smallest absolute Gasteiger partial charge is 0.164 e. The number of fused-ring (bicyclic) bond motifs is 9. The van der Waals surface area contributed by atoms with Crippen LogP contribution in [0.3, 0.4) is 0 Å². The normalized spacial score (nSPS) is 11.9. The fourth-order valence-electron chi connectivity index (χ4n) is 8.27. The van der Waals surface area contributed by atoms with E-state index in [-0.39, 0.29) is 0 Å². The van der Waals surface area contributed by atoms with Gasteiger partial charge in [-0.25, -0.2) is 15.0 Å². The maximum atomic E-state index is 6.67. The van der Waals surface area contributed by atoms with E-state index in [1.165, 1.54) is 20.2 Å². The van der Waals surface area contributed by atoms with Crippen LogP contribution in [0.25, 0.3) is 120 Å². The van der Waals surface area contributed by atoms with Crippen molar-refractivity contribution in [3.8, 4) is 56.4 Å². The minimum absolute atomic E-state index is 0.597. The van der Waals surface area contributed by atoms with Crippen molar-refractivity contribution in [2.75, 3.05) is 0 Å². The highest BCUT2D eigenvalue weighted by Crippen LogP contribution is 2.46. The van der Waals surface area contributed by atoms with E-state index in [4.69, 9.17) is 23.8 Å². The van der Waals surface area contributed by atoms with Gasteiger partial charge in [0.1, 0.15) is 22.3 Å². The molecule has 0 saturated carbocycles. The van der Waals surface area contributed by atoms with Gasteiger partial charge < -0.3 is 8.83 Å². The predicted molar refractivity (Wildman–Crippen MR) is 234 cm³/mol. The summed E-state index contributed by atoms with van der Waals surface area (Å²) in [5, 5.41) is 6.68. The van der Waals surface area contributed by atoms with Gasteiger partial charge in [-0.1, -0.05) is 133 Å². The van der Waals surface area contributed by atoms with Crippen molar-refractivity contribution >= 4 is 75.4 Å². The summed E-state index contributed by atoms with van der Waals surface area (Å²) in [5.74, 6) is 1.84. The summed E-state index contributed by atoms with van der Waals surface area (Å²) in [4.78, 5) is 15.0. The van der Waals surface area contributed by atoms with Gasteiger partial charge in [-0.3, -0.25) is 0 Å². The van der Waals surface area contributed by atoms with Gasteiger partial charge in [0.05, 0.1) is 0 Å². The summed E-state index contributed by atoms with van der Waals surface area (Å²) in [6.45, 7) is 0. The van der Waals surface area contributed by atoms with Crippen LogP contribution in [-0.2, 0) is 0 Å². The molecule has 0 fully saturated rings. The van der Waals surface area contributed by atoms with E-state index in [0.717, 1.165) is 82.8 Å². The minimum Gasteiger partial charge on any atom is -0.456 e. The molecule has 0 amide bonds. The molecule has 0 aliphatic carbocycles. The summed E-state index contributed by atoms with van der Waals surface area (Å²) < 4.78 is 15.8. The third-order valence-electron chi connectivity index (χ3n) is 10.9. The molecule has 57 heavy (non-hydrogen) atoms. The van der Waals surface area contributed by atoms with Crippen LogP contribution >= 0.6 is 11.3 Å². The van der Waals surface area contributed by atoms with E-state index in [9.17, 15) is 0 Å². The summed E-state index contributed by atoms with van der Waals surface area (Å²) in [6.07, 6.45) is 0. The monoisotopic (exact) mass is 747 g/mol. The molecule has 0 aliphatic rings. The molecule has 12 aromatic rings. The van der Waals surface area contributed by atoms with Crippen LogP contribution in [0, 0.1) is 0 Å². The number of thiophene rings is 1. The van der Waals surface area contributed by atoms with Crippen molar-refractivity contribution in [3.05, 3.63) is 176 Å². The van der Waals surface area contributed by atoms with Crippen molar-refractivity contribution < 1.29 is 8.83 Å². The number of benzene rings is 8. The van der Waals surface area contributed by atoms with E-state index in [1.807, 2.05) is 96.3 Å². The van der Waals surface area contributed by atoms with Crippen LogP contribution in [0.15, 0.2) is 185 Å². The third kappa shape index (κ3) is 5.12. The molecule has 0 unspecified atom stereocenters. The Morgan fingerprint density at radius 1 is 0.351 bits per heavy atom. The van der Waals surface area contributed by atoms with Gasteiger partial charge in [0.25, 0.3) is 0 Å².